The highest BCUT2D eigenvalue weighted by Crippen LogP contribution is 2.19. The van der Waals surface area contributed by atoms with Crippen LogP contribution in [0.3, 0.4) is 0 Å². The average Bonchev–Trinajstić information content (AvgIpc) is 2.95. The van der Waals surface area contributed by atoms with Gasteiger partial charge in [-0.3, -0.25) is 4.90 Å². The molecule has 0 radical (unpaired) electrons. The monoisotopic (exact) mass is 212 g/mol. The van der Waals surface area contributed by atoms with E-state index in [-0.39, 0.29) is 0 Å². The van der Waals surface area contributed by atoms with Crippen molar-refractivity contribution in [1.82, 2.24) is 10.2 Å². The summed E-state index contributed by atoms with van der Waals surface area (Å²) < 4.78 is 0. The summed E-state index contributed by atoms with van der Waals surface area (Å²) in [7, 11) is 2.26. The molecule has 0 saturated heterocycles. The largest absolute Gasteiger partial charge is 0.312 e. The van der Waals surface area contributed by atoms with E-state index < -0.39 is 0 Å². The van der Waals surface area contributed by atoms with Crippen molar-refractivity contribution >= 4 is 0 Å². The van der Waals surface area contributed by atoms with Gasteiger partial charge in [0.25, 0.3) is 0 Å². The molecule has 15 heavy (non-hydrogen) atoms. The molecule has 0 aliphatic heterocycles. The molecule has 0 aromatic heterocycles. The third-order valence-corrected chi connectivity index (χ3v) is 3.48. The van der Waals surface area contributed by atoms with Crippen LogP contribution in [0, 0.1) is 5.92 Å². The summed E-state index contributed by atoms with van der Waals surface area (Å²) >= 11 is 0. The van der Waals surface area contributed by atoms with Crippen molar-refractivity contribution in [3.05, 3.63) is 0 Å². The van der Waals surface area contributed by atoms with Gasteiger partial charge in [0.2, 0.25) is 0 Å². The Hall–Kier alpha value is -0.0800. The zero-order valence-corrected chi connectivity index (χ0v) is 11.1. The first-order valence-electron chi connectivity index (χ1n) is 6.46. The molecule has 0 spiro atoms. The molecule has 0 aromatic carbocycles. The first-order valence-corrected chi connectivity index (χ1v) is 6.46. The van der Waals surface area contributed by atoms with E-state index in [1.165, 1.54) is 19.3 Å². The van der Waals surface area contributed by atoms with E-state index in [1.54, 1.807) is 0 Å². The van der Waals surface area contributed by atoms with Crippen LogP contribution >= 0.6 is 0 Å². The van der Waals surface area contributed by atoms with Crippen LogP contribution in [0.4, 0.5) is 0 Å². The topological polar surface area (TPSA) is 15.3 Å². The maximum Gasteiger partial charge on any atom is 0.0192 e. The van der Waals surface area contributed by atoms with Crippen LogP contribution in [0.15, 0.2) is 0 Å². The molecule has 2 atom stereocenters. The summed E-state index contributed by atoms with van der Waals surface area (Å²) in [5, 5.41) is 3.60. The van der Waals surface area contributed by atoms with E-state index in [1.807, 2.05) is 0 Å². The lowest BCUT2D eigenvalue weighted by Crippen LogP contribution is -2.43. The first-order chi connectivity index (χ1) is 7.00. The SMILES string of the molecule is CC(C)CC(C)N(C)C(C)CNC1CC1. The second-order valence-corrected chi connectivity index (χ2v) is 5.68. The molecule has 1 saturated carbocycles. The van der Waals surface area contributed by atoms with Crippen molar-refractivity contribution in [2.24, 2.45) is 5.92 Å². The maximum absolute atomic E-state index is 3.60. The van der Waals surface area contributed by atoms with Crippen molar-refractivity contribution in [1.29, 1.82) is 0 Å². The molecule has 1 aliphatic rings. The summed E-state index contributed by atoms with van der Waals surface area (Å²) in [6, 6.07) is 2.18. The Bertz CT molecular complexity index is 175. The third-order valence-electron chi connectivity index (χ3n) is 3.48. The highest BCUT2D eigenvalue weighted by atomic mass is 15.2. The van der Waals surface area contributed by atoms with Gasteiger partial charge >= 0.3 is 0 Å². The van der Waals surface area contributed by atoms with Gasteiger partial charge in [0.15, 0.2) is 0 Å². The quantitative estimate of drug-likeness (QED) is 0.697. The van der Waals surface area contributed by atoms with E-state index in [0.717, 1.165) is 18.5 Å². The molecule has 0 aromatic rings. The molecule has 0 heterocycles. The van der Waals surface area contributed by atoms with Crippen molar-refractivity contribution < 1.29 is 0 Å². The fourth-order valence-electron chi connectivity index (χ4n) is 2.05. The highest BCUT2D eigenvalue weighted by molar-refractivity contribution is 4.83. The Morgan fingerprint density at radius 2 is 1.73 bits per heavy atom. The van der Waals surface area contributed by atoms with Gasteiger partial charge in [-0.25, -0.2) is 0 Å². The van der Waals surface area contributed by atoms with Crippen molar-refractivity contribution in [2.45, 2.75) is 65.1 Å². The van der Waals surface area contributed by atoms with Crippen LogP contribution in [-0.4, -0.2) is 36.6 Å². The summed E-state index contributed by atoms with van der Waals surface area (Å²) in [4.78, 5) is 2.51. The summed E-state index contributed by atoms with van der Waals surface area (Å²) in [6.45, 7) is 10.4. The Labute approximate surface area is 95.4 Å². The molecule has 1 aliphatic carbocycles. The predicted octanol–water partition coefficient (Wildman–Crippen LogP) is 2.49. The van der Waals surface area contributed by atoms with Gasteiger partial charge in [-0.05, 0) is 46.1 Å². The van der Waals surface area contributed by atoms with E-state index >= 15 is 0 Å². The minimum absolute atomic E-state index is 0.652. The molecule has 0 bridgehead atoms. The summed E-state index contributed by atoms with van der Waals surface area (Å²) in [5.74, 6) is 0.797. The third kappa shape index (κ3) is 4.98. The lowest BCUT2D eigenvalue weighted by atomic mass is 10.0. The minimum atomic E-state index is 0.652. The van der Waals surface area contributed by atoms with E-state index in [2.05, 4.69) is 45.0 Å². The number of rotatable bonds is 7. The highest BCUT2D eigenvalue weighted by Gasteiger charge is 2.23. The van der Waals surface area contributed by atoms with Gasteiger partial charge in [0.05, 0.1) is 0 Å². The molecular formula is C13H28N2. The summed E-state index contributed by atoms with van der Waals surface area (Å²) in [5.41, 5.74) is 0. The Morgan fingerprint density at radius 3 is 2.20 bits per heavy atom. The lowest BCUT2D eigenvalue weighted by molar-refractivity contribution is 0.172. The second-order valence-electron chi connectivity index (χ2n) is 5.68. The first kappa shape index (κ1) is 13.0. The van der Waals surface area contributed by atoms with Crippen LogP contribution in [0.1, 0.15) is 47.0 Å². The molecule has 1 fully saturated rings. The van der Waals surface area contributed by atoms with Crippen LogP contribution in [-0.2, 0) is 0 Å². The zero-order valence-electron chi connectivity index (χ0n) is 11.1. The number of likely N-dealkylation sites (N-methyl/N-ethyl adjacent to an activating group) is 1. The average molecular weight is 212 g/mol. The molecule has 90 valence electrons. The fraction of sp³-hybridized carbons (Fsp3) is 1.00. The lowest BCUT2D eigenvalue weighted by Gasteiger charge is -2.32. The van der Waals surface area contributed by atoms with Crippen LogP contribution in [0.5, 0.6) is 0 Å². The zero-order chi connectivity index (χ0) is 11.4. The van der Waals surface area contributed by atoms with Gasteiger partial charge < -0.3 is 5.32 Å². The second kappa shape index (κ2) is 5.86. The van der Waals surface area contributed by atoms with E-state index in [0.29, 0.717) is 12.1 Å². The van der Waals surface area contributed by atoms with Crippen molar-refractivity contribution in [3.8, 4) is 0 Å². The number of nitrogens with zero attached hydrogens (tertiary/aromatic N) is 1. The Morgan fingerprint density at radius 1 is 1.13 bits per heavy atom. The van der Waals surface area contributed by atoms with E-state index in [4.69, 9.17) is 0 Å². The van der Waals surface area contributed by atoms with E-state index in [9.17, 15) is 0 Å². The number of nitrogens with one attached hydrogen (secondary N) is 1. The molecular weight excluding hydrogens is 184 g/mol. The Balaban J connectivity index is 2.19. The number of hydrogen-bond acceptors (Lipinski definition) is 2. The molecule has 0 amide bonds. The maximum atomic E-state index is 3.60. The molecule has 2 heteroatoms. The van der Waals surface area contributed by atoms with Crippen molar-refractivity contribution in [3.63, 3.8) is 0 Å². The molecule has 1 N–H and O–H groups in total. The van der Waals surface area contributed by atoms with Gasteiger partial charge in [-0.15, -0.1) is 0 Å². The minimum Gasteiger partial charge on any atom is -0.312 e. The van der Waals surface area contributed by atoms with Gasteiger partial charge in [-0.1, -0.05) is 13.8 Å². The van der Waals surface area contributed by atoms with Crippen LogP contribution in [0.25, 0.3) is 0 Å². The smallest absolute Gasteiger partial charge is 0.0192 e. The molecule has 1 rings (SSSR count). The standard InChI is InChI=1S/C13H28N2/c1-10(2)8-11(3)15(5)12(4)9-14-13-6-7-13/h10-14H,6-9H2,1-5H3. The predicted molar refractivity (Wildman–Crippen MR) is 67.2 cm³/mol. The fourth-order valence-corrected chi connectivity index (χ4v) is 2.05. The Kier molecular flexibility index (Phi) is 5.07. The molecule has 2 nitrogen and oxygen atoms in total. The van der Waals surface area contributed by atoms with Gasteiger partial charge in [0, 0.05) is 24.7 Å². The normalized spacial score (nSPS) is 21.0. The van der Waals surface area contributed by atoms with Crippen LogP contribution < -0.4 is 5.32 Å². The number of hydrogen-bond donors (Lipinski definition) is 1. The molecule has 2 unspecified atom stereocenters. The van der Waals surface area contributed by atoms with Crippen molar-refractivity contribution in [2.75, 3.05) is 13.6 Å². The van der Waals surface area contributed by atoms with Gasteiger partial charge in [-0.2, -0.15) is 0 Å². The van der Waals surface area contributed by atoms with Gasteiger partial charge in [0.1, 0.15) is 0 Å². The van der Waals surface area contributed by atoms with Crippen LogP contribution in [0.2, 0.25) is 0 Å². The summed E-state index contributed by atoms with van der Waals surface area (Å²) in [6.07, 6.45) is 4.07.